The average molecular weight is 512 g/mol. The zero-order valence-electron chi connectivity index (χ0n) is 20.4. The topological polar surface area (TPSA) is 94.2 Å². The van der Waals surface area contributed by atoms with E-state index in [-0.39, 0.29) is 18.7 Å². The number of amides is 4. The summed E-state index contributed by atoms with van der Waals surface area (Å²) in [5, 5.41) is 6.25. The molecule has 0 bridgehead atoms. The summed E-state index contributed by atoms with van der Waals surface area (Å²) in [4.78, 5) is 44.0. The molecule has 0 aliphatic carbocycles. The van der Waals surface area contributed by atoms with Gasteiger partial charge in [-0.25, -0.2) is 14.4 Å². The molecule has 1 saturated heterocycles. The molecule has 4 amide bonds. The quantitative estimate of drug-likeness (QED) is 0.577. The number of piperazine rings is 1. The van der Waals surface area contributed by atoms with Gasteiger partial charge in [-0.15, -0.1) is 0 Å². The van der Waals surface area contributed by atoms with Crippen molar-refractivity contribution in [3.05, 3.63) is 76.5 Å². The third kappa shape index (κ3) is 5.63. The molecule has 36 heavy (non-hydrogen) atoms. The van der Waals surface area contributed by atoms with Crippen molar-refractivity contribution in [2.45, 2.75) is 13.0 Å². The first kappa shape index (κ1) is 25.5. The Kier molecular flexibility index (Phi) is 8.12. The minimum atomic E-state index is -0.727. The Labute approximate surface area is 215 Å². The van der Waals surface area contributed by atoms with Crippen LogP contribution in [0.5, 0.6) is 0 Å². The first-order valence-corrected chi connectivity index (χ1v) is 12.3. The molecule has 2 aliphatic heterocycles. The number of urea groups is 2. The lowest BCUT2D eigenvalue weighted by atomic mass is 9.94. The van der Waals surface area contributed by atoms with E-state index in [0.717, 1.165) is 5.69 Å². The second-order valence-corrected chi connectivity index (χ2v) is 9.01. The number of hydrogen-bond donors (Lipinski definition) is 2. The number of halogens is 1. The fourth-order valence-electron chi connectivity index (χ4n) is 4.39. The average Bonchev–Trinajstić information content (AvgIpc) is 2.88. The third-order valence-electron chi connectivity index (χ3n) is 6.35. The van der Waals surface area contributed by atoms with Crippen molar-refractivity contribution >= 4 is 35.3 Å². The first-order valence-electron chi connectivity index (χ1n) is 11.9. The lowest BCUT2D eigenvalue weighted by Gasteiger charge is -2.39. The number of hydrogen-bond acceptors (Lipinski definition) is 5. The van der Waals surface area contributed by atoms with Gasteiger partial charge in [0.2, 0.25) is 0 Å². The lowest BCUT2D eigenvalue weighted by molar-refractivity contribution is -0.139. The number of para-hydroxylation sites is 1. The van der Waals surface area contributed by atoms with E-state index in [4.69, 9.17) is 16.3 Å². The van der Waals surface area contributed by atoms with E-state index < -0.39 is 12.0 Å². The van der Waals surface area contributed by atoms with Crippen LogP contribution in [0, 0.1) is 0 Å². The molecular formula is C26H30ClN5O4. The zero-order chi connectivity index (χ0) is 25.7. The molecule has 190 valence electrons. The number of benzene rings is 2. The molecule has 0 radical (unpaired) electrons. The molecule has 4 rings (SSSR count). The van der Waals surface area contributed by atoms with Crippen molar-refractivity contribution < 1.29 is 19.1 Å². The van der Waals surface area contributed by atoms with Crippen molar-refractivity contribution in [1.82, 2.24) is 20.0 Å². The van der Waals surface area contributed by atoms with Crippen LogP contribution in [0.15, 0.2) is 65.9 Å². The highest BCUT2D eigenvalue weighted by Gasteiger charge is 2.38. The summed E-state index contributed by atoms with van der Waals surface area (Å²) >= 11 is 6.44. The highest BCUT2D eigenvalue weighted by atomic mass is 35.5. The second kappa shape index (κ2) is 11.5. The van der Waals surface area contributed by atoms with Gasteiger partial charge in [-0.05, 0) is 30.7 Å². The first-order chi connectivity index (χ1) is 17.4. The smallest absolute Gasteiger partial charge is 0.338 e. The number of likely N-dealkylation sites (N-methyl/N-ethyl adjacent to an activating group) is 1. The summed E-state index contributed by atoms with van der Waals surface area (Å²) in [7, 11) is 1.64. The maximum absolute atomic E-state index is 13.1. The largest absolute Gasteiger partial charge is 0.463 e. The molecule has 1 fully saturated rings. The Morgan fingerprint density at radius 1 is 1.06 bits per heavy atom. The van der Waals surface area contributed by atoms with Crippen LogP contribution in [0.25, 0.3) is 0 Å². The number of carbonyl (C=O) groups excluding carboxylic acids is 3. The van der Waals surface area contributed by atoms with Crippen molar-refractivity contribution in [1.29, 1.82) is 0 Å². The predicted molar refractivity (Wildman–Crippen MR) is 138 cm³/mol. The molecule has 10 heteroatoms. The van der Waals surface area contributed by atoms with Gasteiger partial charge in [0, 0.05) is 56.2 Å². The van der Waals surface area contributed by atoms with Gasteiger partial charge in [-0.1, -0.05) is 48.0 Å². The van der Waals surface area contributed by atoms with Gasteiger partial charge in [-0.3, -0.25) is 9.80 Å². The molecule has 0 aromatic heterocycles. The molecule has 9 nitrogen and oxygen atoms in total. The van der Waals surface area contributed by atoms with Crippen molar-refractivity contribution in [2.24, 2.45) is 0 Å². The van der Waals surface area contributed by atoms with E-state index in [1.165, 1.54) is 4.90 Å². The number of ether oxygens (including phenoxy) is 1. The molecular weight excluding hydrogens is 482 g/mol. The van der Waals surface area contributed by atoms with Crippen LogP contribution in [0.1, 0.15) is 18.5 Å². The Morgan fingerprint density at radius 3 is 2.39 bits per heavy atom. The van der Waals surface area contributed by atoms with Crippen LogP contribution < -0.4 is 10.6 Å². The number of esters is 1. The summed E-state index contributed by atoms with van der Waals surface area (Å²) in [6.45, 7) is 4.52. The van der Waals surface area contributed by atoms with E-state index >= 15 is 0 Å². The molecule has 2 aromatic rings. The Morgan fingerprint density at radius 2 is 1.72 bits per heavy atom. The highest BCUT2D eigenvalue weighted by Crippen LogP contribution is 2.34. The maximum atomic E-state index is 13.1. The minimum Gasteiger partial charge on any atom is -0.463 e. The van der Waals surface area contributed by atoms with Crippen LogP contribution in [0.2, 0.25) is 5.02 Å². The van der Waals surface area contributed by atoms with Crippen molar-refractivity contribution in [3.8, 4) is 0 Å². The van der Waals surface area contributed by atoms with E-state index in [0.29, 0.717) is 54.6 Å². The fourth-order valence-corrected chi connectivity index (χ4v) is 4.63. The van der Waals surface area contributed by atoms with E-state index in [9.17, 15) is 14.4 Å². The second-order valence-electron chi connectivity index (χ2n) is 8.60. The van der Waals surface area contributed by atoms with Crippen molar-refractivity contribution in [2.75, 3.05) is 51.7 Å². The molecule has 2 heterocycles. The van der Waals surface area contributed by atoms with Crippen LogP contribution in [0.3, 0.4) is 0 Å². The van der Waals surface area contributed by atoms with E-state index in [1.807, 2.05) is 36.4 Å². The Balaban J connectivity index is 1.53. The van der Waals surface area contributed by atoms with Gasteiger partial charge in [0.1, 0.15) is 0 Å². The van der Waals surface area contributed by atoms with Crippen LogP contribution in [-0.4, -0.2) is 79.1 Å². The highest BCUT2D eigenvalue weighted by molar-refractivity contribution is 6.31. The summed E-state index contributed by atoms with van der Waals surface area (Å²) in [5.74, 6) is -0.495. The number of carbonyl (C=O) groups is 3. The summed E-state index contributed by atoms with van der Waals surface area (Å²) in [6, 6.07) is 15.2. The SMILES string of the molecule is CCOC(=O)C1=C(CN2CCN(C(=O)Nc3ccccc3)CC2)N(C)C(=O)NC1c1ccccc1Cl. The lowest BCUT2D eigenvalue weighted by Crippen LogP contribution is -2.53. The maximum Gasteiger partial charge on any atom is 0.338 e. The number of anilines is 1. The molecule has 0 saturated carbocycles. The molecule has 2 N–H and O–H groups in total. The monoisotopic (exact) mass is 511 g/mol. The molecule has 2 aromatic carbocycles. The van der Waals surface area contributed by atoms with Gasteiger partial charge in [-0.2, -0.15) is 0 Å². The van der Waals surface area contributed by atoms with Gasteiger partial charge < -0.3 is 20.3 Å². The zero-order valence-corrected chi connectivity index (χ0v) is 21.1. The number of rotatable bonds is 6. The third-order valence-corrected chi connectivity index (χ3v) is 6.69. The van der Waals surface area contributed by atoms with Crippen molar-refractivity contribution in [3.63, 3.8) is 0 Å². The summed E-state index contributed by atoms with van der Waals surface area (Å²) < 4.78 is 5.38. The van der Waals surface area contributed by atoms with E-state index in [2.05, 4.69) is 15.5 Å². The molecule has 2 aliphatic rings. The van der Waals surface area contributed by atoms with Crippen LogP contribution >= 0.6 is 11.6 Å². The number of nitrogens with zero attached hydrogens (tertiary/aromatic N) is 3. The summed E-state index contributed by atoms with van der Waals surface area (Å²) in [6.07, 6.45) is 0. The Hall–Kier alpha value is -3.56. The van der Waals surface area contributed by atoms with Gasteiger partial charge in [0.15, 0.2) is 0 Å². The normalized spacial score (nSPS) is 18.6. The fraction of sp³-hybridized carbons (Fsp3) is 0.346. The summed E-state index contributed by atoms with van der Waals surface area (Å²) in [5.41, 5.74) is 2.29. The van der Waals surface area contributed by atoms with Gasteiger partial charge >= 0.3 is 18.0 Å². The molecule has 1 unspecified atom stereocenters. The van der Waals surface area contributed by atoms with Crippen LogP contribution in [-0.2, 0) is 9.53 Å². The predicted octanol–water partition coefficient (Wildman–Crippen LogP) is 3.70. The van der Waals surface area contributed by atoms with Gasteiger partial charge in [0.05, 0.1) is 18.2 Å². The minimum absolute atomic E-state index is 0.153. The van der Waals surface area contributed by atoms with E-state index in [1.54, 1.807) is 37.1 Å². The van der Waals surface area contributed by atoms with Crippen LogP contribution in [0.4, 0.5) is 15.3 Å². The van der Waals surface area contributed by atoms with Gasteiger partial charge in [0.25, 0.3) is 0 Å². The molecule has 1 atom stereocenters. The molecule has 0 spiro atoms. The Bertz CT molecular complexity index is 1150. The standard InChI is InChI=1S/C26H30ClN5O4/c1-3-36-24(33)22-21(30(2)25(34)29-23(22)19-11-7-8-12-20(19)27)17-31-13-15-32(16-14-31)26(35)28-18-9-5-4-6-10-18/h4-12,23H,3,13-17H2,1-2H3,(H,28,35)(H,29,34). The number of nitrogens with one attached hydrogen (secondary N) is 2.